The van der Waals surface area contributed by atoms with Crippen molar-refractivity contribution in [3.63, 3.8) is 0 Å². The Labute approximate surface area is 172 Å². The van der Waals surface area contributed by atoms with Crippen LogP contribution in [0.4, 0.5) is 23.0 Å². The van der Waals surface area contributed by atoms with E-state index in [-0.39, 0.29) is 16.6 Å². The molecular formula is C17H23N9O4. The van der Waals surface area contributed by atoms with Gasteiger partial charge < -0.3 is 25.1 Å². The minimum atomic E-state index is -0.366. The molecule has 160 valence electrons. The van der Waals surface area contributed by atoms with Gasteiger partial charge in [0.1, 0.15) is 12.0 Å². The summed E-state index contributed by atoms with van der Waals surface area (Å²) in [7, 11) is 0. The van der Waals surface area contributed by atoms with E-state index in [1.807, 2.05) is 11.0 Å². The largest absolute Gasteiger partial charge is 0.378 e. The molecule has 0 bridgehead atoms. The zero-order valence-corrected chi connectivity index (χ0v) is 16.3. The highest BCUT2D eigenvalue weighted by molar-refractivity contribution is 5.92. The van der Waals surface area contributed by atoms with Gasteiger partial charge in [0.2, 0.25) is 0 Å². The number of morpholine rings is 2. The second-order valence-electron chi connectivity index (χ2n) is 6.79. The number of nitrogens with one attached hydrogen (secondary N) is 1. The first kappa shape index (κ1) is 19.8. The number of hydrazone groups is 1. The maximum Gasteiger partial charge on any atom is 0.293 e. The number of ether oxygens (including phenoxy) is 2. The Morgan fingerprint density at radius 1 is 1.10 bits per heavy atom. The first-order chi connectivity index (χ1) is 14.6. The summed E-state index contributed by atoms with van der Waals surface area (Å²) >= 11 is 0. The van der Waals surface area contributed by atoms with Gasteiger partial charge in [0, 0.05) is 43.5 Å². The highest BCUT2D eigenvalue weighted by Gasteiger charge is 2.26. The Balaban J connectivity index is 1.71. The van der Waals surface area contributed by atoms with Gasteiger partial charge in [-0.15, -0.1) is 10.2 Å². The summed E-state index contributed by atoms with van der Waals surface area (Å²) in [6.45, 7) is 4.84. The first-order valence-corrected chi connectivity index (χ1v) is 9.55. The third kappa shape index (κ3) is 4.26. The zero-order valence-electron chi connectivity index (χ0n) is 16.3. The number of nitrogen functional groups attached to an aromatic ring is 1. The lowest BCUT2D eigenvalue weighted by Crippen LogP contribution is -2.38. The van der Waals surface area contributed by atoms with E-state index in [1.165, 1.54) is 17.2 Å². The van der Waals surface area contributed by atoms with Crippen LogP contribution < -0.4 is 21.1 Å². The molecular weight excluding hydrogens is 394 g/mol. The third-order valence-corrected chi connectivity index (χ3v) is 4.97. The van der Waals surface area contributed by atoms with Crippen LogP contribution in [-0.2, 0) is 9.47 Å². The van der Waals surface area contributed by atoms with Crippen LogP contribution in [0.5, 0.6) is 0 Å². The molecule has 2 aromatic rings. The predicted molar refractivity (Wildman–Crippen MR) is 111 cm³/mol. The maximum absolute atomic E-state index is 11.8. The van der Waals surface area contributed by atoms with Gasteiger partial charge in [0.15, 0.2) is 0 Å². The van der Waals surface area contributed by atoms with E-state index in [1.54, 1.807) is 6.07 Å². The molecule has 13 nitrogen and oxygen atoms in total. The molecule has 0 atom stereocenters. The summed E-state index contributed by atoms with van der Waals surface area (Å²) in [6.07, 6.45) is 2.86. The van der Waals surface area contributed by atoms with Crippen LogP contribution in [-0.4, -0.2) is 78.6 Å². The van der Waals surface area contributed by atoms with Crippen molar-refractivity contribution in [2.45, 2.75) is 0 Å². The van der Waals surface area contributed by atoms with Crippen molar-refractivity contribution in [2.24, 2.45) is 5.10 Å². The number of hydrogen-bond acceptors (Lipinski definition) is 11. The molecule has 3 heterocycles. The smallest absolute Gasteiger partial charge is 0.293 e. The SMILES string of the molecule is Nn1cnnc1NN=Cc1cc([N+](=O)[O-])c(N2CCOCC2)cc1N1CCOCC1. The van der Waals surface area contributed by atoms with E-state index in [0.717, 1.165) is 5.69 Å². The lowest BCUT2D eigenvalue weighted by Gasteiger charge is -2.33. The van der Waals surface area contributed by atoms with E-state index in [9.17, 15) is 10.1 Å². The summed E-state index contributed by atoms with van der Waals surface area (Å²) in [5, 5.41) is 23.4. The van der Waals surface area contributed by atoms with Crippen molar-refractivity contribution in [1.82, 2.24) is 14.9 Å². The molecule has 2 aliphatic heterocycles. The third-order valence-electron chi connectivity index (χ3n) is 4.97. The number of nitrogens with two attached hydrogens (primary N) is 1. The molecule has 0 radical (unpaired) electrons. The van der Waals surface area contributed by atoms with Crippen molar-refractivity contribution in [2.75, 3.05) is 73.7 Å². The molecule has 2 fully saturated rings. The Bertz CT molecular complexity index is 920. The quantitative estimate of drug-likeness (QED) is 0.285. The lowest BCUT2D eigenvalue weighted by atomic mass is 10.1. The standard InChI is InChI=1S/C17H23N9O4/c18-25-12-20-22-17(25)21-19-11-13-9-16(26(27)28)15(24-3-7-30-8-4-24)10-14(13)23-1-5-29-6-2-23/h9-12H,1-8,18H2,(H,21,22). The topological polar surface area (TPSA) is 149 Å². The Morgan fingerprint density at radius 2 is 1.73 bits per heavy atom. The van der Waals surface area contributed by atoms with Gasteiger partial charge >= 0.3 is 0 Å². The predicted octanol–water partition coefficient (Wildman–Crippen LogP) is 0.0193. The van der Waals surface area contributed by atoms with E-state index >= 15 is 0 Å². The fraction of sp³-hybridized carbons (Fsp3) is 0.471. The zero-order chi connectivity index (χ0) is 20.9. The number of aromatic nitrogens is 3. The van der Waals surface area contributed by atoms with Crippen LogP contribution >= 0.6 is 0 Å². The van der Waals surface area contributed by atoms with Crippen molar-refractivity contribution < 1.29 is 14.4 Å². The normalized spacial score (nSPS) is 17.5. The lowest BCUT2D eigenvalue weighted by molar-refractivity contribution is -0.384. The fourth-order valence-electron chi connectivity index (χ4n) is 3.45. The van der Waals surface area contributed by atoms with Crippen LogP contribution in [0.25, 0.3) is 0 Å². The van der Waals surface area contributed by atoms with Gasteiger partial charge in [-0.3, -0.25) is 10.1 Å². The molecule has 0 saturated carbocycles. The summed E-state index contributed by atoms with van der Waals surface area (Å²) in [5.41, 5.74) is 4.76. The molecule has 1 aromatic carbocycles. The fourth-order valence-corrected chi connectivity index (χ4v) is 3.45. The molecule has 0 unspecified atom stereocenters. The molecule has 3 N–H and O–H groups in total. The number of nitro benzene ring substituents is 1. The maximum atomic E-state index is 11.8. The number of nitro groups is 1. The summed E-state index contributed by atoms with van der Waals surface area (Å²) in [4.78, 5) is 15.6. The Morgan fingerprint density at radius 3 is 2.30 bits per heavy atom. The molecule has 2 saturated heterocycles. The van der Waals surface area contributed by atoms with Gasteiger partial charge in [-0.25, -0.2) is 10.1 Å². The molecule has 1 aromatic heterocycles. The summed E-state index contributed by atoms with van der Waals surface area (Å²) in [6, 6.07) is 3.41. The van der Waals surface area contributed by atoms with Crippen LogP contribution in [0.15, 0.2) is 23.6 Å². The first-order valence-electron chi connectivity index (χ1n) is 9.55. The number of benzene rings is 1. The van der Waals surface area contributed by atoms with E-state index in [4.69, 9.17) is 15.3 Å². The van der Waals surface area contributed by atoms with E-state index in [2.05, 4.69) is 25.6 Å². The second kappa shape index (κ2) is 8.92. The minimum absolute atomic E-state index is 0.0253. The summed E-state index contributed by atoms with van der Waals surface area (Å²) < 4.78 is 12.0. The van der Waals surface area contributed by atoms with Crippen molar-refractivity contribution in [1.29, 1.82) is 0 Å². The van der Waals surface area contributed by atoms with E-state index in [0.29, 0.717) is 63.9 Å². The minimum Gasteiger partial charge on any atom is -0.378 e. The van der Waals surface area contributed by atoms with Gasteiger partial charge in [0.05, 0.1) is 37.6 Å². The molecule has 13 heteroatoms. The van der Waals surface area contributed by atoms with Crippen LogP contribution in [0, 0.1) is 10.1 Å². The van der Waals surface area contributed by atoms with Crippen LogP contribution in [0.3, 0.4) is 0 Å². The highest BCUT2D eigenvalue weighted by Crippen LogP contribution is 2.36. The molecule has 4 rings (SSSR count). The average molecular weight is 417 g/mol. The number of nitrogens with zero attached hydrogens (tertiary/aromatic N) is 7. The van der Waals surface area contributed by atoms with Gasteiger partial charge in [-0.2, -0.15) is 5.10 Å². The molecule has 2 aliphatic rings. The number of anilines is 3. The van der Waals surface area contributed by atoms with Crippen molar-refractivity contribution in [3.8, 4) is 0 Å². The highest BCUT2D eigenvalue weighted by atomic mass is 16.6. The van der Waals surface area contributed by atoms with Crippen molar-refractivity contribution in [3.05, 3.63) is 34.1 Å². The van der Waals surface area contributed by atoms with E-state index < -0.39 is 0 Å². The van der Waals surface area contributed by atoms with Gasteiger partial charge in [0.25, 0.3) is 11.6 Å². The Kier molecular flexibility index (Phi) is 5.90. The number of hydrogen-bond donors (Lipinski definition) is 2. The second-order valence-corrected chi connectivity index (χ2v) is 6.79. The van der Waals surface area contributed by atoms with Gasteiger partial charge in [-0.05, 0) is 6.07 Å². The monoisotopic (exact) mass is 417 g/mol. The van der Waals surface area contributed by atoms with Crippen LogP contribution in [0.1, 0.15) is 5.56 Å². The molecule has 30 heavy (non-hydrogen) atoms. The van der Waals surface area contributed by atoms with Gasteiger partial charge in [-0.1, -0.05) is 0 Å². The molecule has 0 spiro atoms. The Hall–Kier alpha value is -3.45. The molecule has 0 amide bonds. The molecule has 0 aliphatic carbocycles. The van der Waals surface area contributed by atoms with Crippen molar-refractivity contribution >= 4 is 29.2 Å². The summed E-state index contributed by atoms with van der Waals surface area (Å²) in [5.74, 6) is 5.91. The average Bonchev–Trinajstić information content (AvgIpc) is 3.19. The van der Waals surface area contributed by atoms with Crippen LogP contribution in [0.2, 0.25) is 0 Å². The number of rotatable bonds is 6.